The molecule has 0 saturated heterocycles. The number of carbonyl (C=O) groups excluding carboxylic acids is 2. The van der Waals surface area contributed by atoms with Crippen molar-refractivity contribution in [2.45, 2.75) is 6.92 Å². The Morgan fingerprint density at radius 1 is 1.08 bits per heavy atom. The SMILES string of the molecule is COc1cc(C=NNC(=O)c2ccc(Br)cc2)cc(OC)c1OC(C)=O. The largest absolute Gasteiger partial charge is 0.493 e. The van der Waals surface area contributed by atoms with Gasteiger partial charge in [-0.25, -0.2) is 5.43 Å². The minimum absolute atomic E-state index is 0.179. The average Bonchev–Trinajstić information content (AvgIpc) is 2.62. The van der Waals surface area contributed by atoms with Gasteiger partial charge in [0.25, 0.3) is 5.91 Å². The lowest BCUT2D eigenvalue weighted by atomic mass is 10.2. The second-order valence-corrected chi connectivity index (χ2v) is 5.97. The molecule has 1 N–H and O–H groups in total. The van der Waals surface area contributed by atoms with Crippen molar-refractivity contribution in [1.82, 2.24) is 5.43 Å². The van der Waals surface area contributed by atoms with Crippen LogP contribution in [-0.2, 0) is 4.79 Å². The topological polar surface area (TPSA) is 86.2 Å². The van der Waals surface area contributed by atoms with Gasteiger partial charge in [0, 0.05) is 22.5 Å². The molecule has 0 aliphatic carbocycles. The van der Waals surface area contributed by atoms with Gasteiger partial charge in [-0.1, -0.05) is 15.9 Å². The molecule has 2 aromatic carbocycles. The fraction of sp³-hybridized carbons (Fsp3) is 0.167. The summed E-state index contributed by atoms with van der Waals surface area (Å²) in [5.74, 6) is -0.0481. The number of methoxy groups -OCH3 is 2. The number of hydrogen-bond acceptors (Lipinski definition) is 6. The highest BCUT2D eigenvalue weighted by Gasteiger charge is 2.15. The Morgan fingerprint density at radius 3 is 2.15 bits per heavy atom. The Morgan fingerprint density at radius 2 is 1.65 bits per heavy atom. The molecule has 0 fully saturated rings. The van der Waals surface area contributed by atoms with Crippen LogP contribution in [0.5, 0.6) is 17.2 Å². The van der Waals surface area contributed by atoms with Crippen molar-refractivity contribution in [2.24, 2.45) is 5.10 Å². The fourth-order valence-electron chi connectivity index (χ4n) is 2.05. The molecule has 2 aromatic rings. The van der Waals surface area contributed by atoms with Gasteiger partial charge in [-0.15, -0.1) is 0 Å². The van der Waals surface area contributed by atoms with Crippen molar-refractivity contribution in [3.05, 3.63) is 52.0 Å². The zero-order valence-electron chi connectivity index (χ0n) is 14.4. The van der Waals surface area contributed by atoms with Crippen molar-refractivity contribution in [3.63, 3.8) is 0 Å². The standard InChI is InChI=1S/C18H17BrN2O5/c1-11(22)26-17-15(24-2)8-12(9-16(17)25-3)10-20-21-18(23)13-4-6-14(19)7-5-13/h4-10H,1-3H3,(H,21,23). The molecule has 7 nitrogen and oxygen atoms in total. The Hall–Kier alpha value is -2.87. The first kappa shape index (κ1) is 19.5. The van der Waals surface area contributed by atoms with Gasteiger partial charge in [0.1, 0.15) is 0 Å². The molecule has 0 aliphatic heterocycles. The third-order valence-electron chi connectivity index (χ3n) is 3.21. The minimum atomic E-state index is -0.496. The van der Waals surface area contributed by atoms with Crippen LogP contribution < -0.4 is 19.6 Å². The molecule has 0 aromatic heterocycles. The van der Waals surface area contributed by atoms with E-state index in [9.17, 15) is 9.59 Å². The maximum atomic E-state index is 12.0. The Labute approximate surface area is 159 Å². The van der Waals surface area contributed by atoms with Gasteiger partial charge in [0.2, 0.25) is 5.75 Å². The van der Waals surface area contributed by atoms with Crippen LogP contribution in [0, 0.1) is 0 Å². The molecule has 0 saturated carbocycles. The second kappa shape index (κ2) is 9.00. The van der Waals surface area contributed by atoms with E-state index in [-0.39, 0.29) is 11.7 Å². The van der Waals surface area contributed by atoms with Crippen LogP contribution in [0.3, 0.4) is 0 Å². The number of halogens is 1. The lowest BCUT2D eigenvalue weighted by molar-refractivity contribution is -0.132. The van der Waals surface area contributed by atoms with Crippen LogP contribution in [0.15, 0.2) is 46.0 Å². The van der Waals surface area contributed by atoms with Gasteiger partial charge in [-0.05, 0) is 36.4 Å². The number of hydrogen-bond donors (Lipinski definition) is 1. The van der Waals surface area contributed by atoms with Crippen LogP contribution in [0.2, 0.25) is 0 Å². The zero-order valence-corrected chi connectivity index (χ0v) is 16.0. The first-order valence-electron chi connectivity index (χ1n) is 7.48. The number of rotatable bonds is 6. The van der Waals surface area contributed by atoms with E-state index in [4.69, 9.17) is 14.2 Å². The number of hydrazone groups is 1. The molecule has 0 bridgehead atoms. The summed E-state index contributed by atoms with van der Waals surface area (Å²) < 4.78 is 16.4. The molecule has 0 spiro atoms. The Bertz CT molecular complexity index is 809. The number of benzene rings is 2. The van der Waals surface area contributed by atoms with Gasteiger partial charge < -0.3 is 14.2 Å². The summed E-state index contributed by atoms with van der Waals surface area (Å²) in [6, 6.07) is 10.1. The second-order valence-electron chi connectivity index (χ2n) is 5.05. The number of nitrogens with one attached hydrogen (secondary N) is 1. The summed E-state index contributed by atoms with van der Waals surface area (Å²) in [7, 11) is 2.88. The van der Waals surface area contributed by atoms with Gasteiger partial charge >= 0.3 is 5.97 Å². The highest BCUT2D eigenvalue weighted by molar-refractivity contribution is 9.10. The highest BCUT2D eigenvalue weighted by atomic mass is 79.9. The maximum absolute atomic E-state index is 12.0. The highest BCUT2D eigenvalue weighted by Crippen LogP contribution is 2.38. The fourth-order valence-corrected chi connectivity index (χ4v) is 2.31. The zero-order chi connectivity index (χ0) is 19.1. The summed E-state index contributed by atoms with van der Waals surface area (Å²) in [6.45, 7) is 1.28. The molecule has 26 heavy (non-hydrogen) atoms. The summed E-state index contributed by atoms with van der Waals surface area (Å²) in [5.41, 5.74) is 3.50. The minimum Gasteiger partial charge on any atom is -0.493 e. The number of esters is 1. The van der Waals surface area contributed by atoms with E-state index in [1.54, 1.807) is 36.4 Å². The van der Waals surface area contributed by atoms with E-state index >= 15 is 0 Å². The van der Waals surface area contributed by atoms with Gasteiger partial charge in [-0.3, -0.25) is 9.59 Å². The summed E-state index contributed by atoms with van der Waals surface area (Å²) >= 11 is 3.31. The van der Waals surface area contributed by atoms with Crippen molar-refractivity contribution < 1.29 is 23.8 Å². The number of nitrogens with zero attached hydrogens (tertiary/aromatic N) is 1. The van der Waals surface area contributed by atoms with E-state index in [0.717, 1.165) is 4.47 Å². The van der Waals surface area contributed by atoms with Crippen LogP contribution in [0.25, 0.3) is 0 Å². The third-order valence-corrected chi connectivity index (χ3v) is 3.74. The predicted molar refractivity (Wildman–Crippen MR) is 100 cm³/mol. The van der Waals surface area contributed by atoms with Crippen LogP contribution in [0.4, 0.5) is 0 Å². The van der Waals surface area contributed by atoms with Gasteiger partial charge in [0.05, 0.1) is 20.4 Å². The summed E-state index contributed by atoms with van der Waals surface area (Å²) in [5, 5.41) is 3.93. The lowest BCUT2D eigenvalue weighted by Crippen LogP contribution is -2.17. The number of amides is 1. The van der Waals surface area contributed by atoms with Crippen molar-refractivity contribution in [1.29, 1.82) is 0 Å². The van der Waals surface area contributed by atoms with Gasteiger partial charge in [0.15, 0.2) is 11.5 Å². The Kier molecular flexibility index (Phi) is 6.74. The molecule has 0 aliphatic rings. The summed E-state index contributed by atoms with van der Waals surface area (Å²) in [4.78, 5) is 23.2. The van der Waals surface area contributed by atoms with E-state index in [1.165, 1.54) is 27.4 Å². The summed E-state index contributed by atoms with van der Waals surface area (Å²) in [6.07, 6.45) is 1.43. The lowest BCUT2D eigenvalue weighted by Gasteiger charge is -2.13. The van der Waals surface area contributed by atoms with E-state index in [0.29, 0.717) is 22.6 Å². The normalized spacial score (nSPS) is 10.5. The molecule has 0 radical (unpaired) electrons. The number of ether oxygens (including phenoxy) is 3. The smallest absolute Gasteiger partial charge is 0.308 e. The van der Waals surface area contributed by atoms with Crippen LogP contribution >= 0.6 is 15.9 Å². The molecule has 136 valence electrons. The number of carbonyl (C=O) groups is 2. The van der Waals surface area contributed by atoms with E-state index < -0.39 is 5.97 Å². The van der Waals surface area contributed by atoms with Crippen LogP contribution in [-0.4, -0.2) is 32.3 Å². The molecule has 0 atom stereocenters. The molecule has 8 heteroatoms. The maximum Gasteiger partial charge on any atom is 0.308 e. The molecule has 2 rings (SSSR count). The van der Waals surface area contributed by atoms with Crippen molar-refractivity contribution in [3.8, 4) is 17.2 Å². The molecule has 1 amide bonds. The predicted octanol–water partition coefficient (Wildman–Crippen LogP) is 3.16. The molecule has 0 heterocycles. The van der Waals surface area contributed by atoms with E-state index in [1.807, 2.05) is 0 Å². The molecular weight excluding hydrogens is 404 g/mol. The Balaban J connectivity index is 2.17. The van der Waals surface area contributed by atoms with Crippen LogP contribution in [0.1, 0.15) is 22.8 Å². The van der Waals surface area contributed by atoms with Crippen molar-refractivity contribution >= 4 is 34.0 Å². The van der Waals surface area contributed by atoms with Crippen molar-refractivity contribution in [2.75, 3.05) is 14.2 Å². The van der Waals surface area contributed by atoms with Gasteiger partial charge in [-0.2, -0.15) is 5.10 Å². The third kappa shape index (κ3) is 5.06. The first-order valence-corrected chi connectivity index (χ1v) is 8.27. The monoisotopic (exact) mass is 420 g/mol. The quantitative estimate of drug-likeness (QED) is 0.335. The first-order chi connectivity index (χ1) is 12.4. The molecular formula is C18H17BrN2O5. The molecule has 0 unspecified atom stereocenters. The van der Waals surface area contributed by atoms with E-state index in [2.05, 4.69) is 26.5 Å². The average molecular weight is 421 g/mol.